The summed E-state index contributed by atoms with van der Waals surface area (Å²) in [5.74, 6) is 0.611. The number of fused-ring (bicyclic) bond motifs is 1. The van der Waals surface area contributed by atoms with Crippen molar-refractivity contribution in [3.63, 3.8) is 0 Å². The summed E-state index contributed by atoms with van der Waals surface area (Å²) in [5, 5.41) is 3.64. The molecule has 3 heterocycles. The Balaban J connectivity index is 1.39. The van der Waals surface area contributed by atoms with Crippen molar-refractivity contribution in [1.82, 2.24) is 19.3 Å². The second kappa shape index (κ2) is 10.4. The molecule has 1 saturated heterocycles. The highest BCUT2D eigenvalue weighted by atomic mass is 35.5. The van der Waals surface area contributed by atoms with Crippen molar-refractivity contribution in [1.29, 1.82) is 0 Å². The van der Waals surface area contributed by atoms with Gasteiger partial charge in [-0.1, -0.05) is 11.6 Å². The Morgan fingerprint density at radius 3 is 2.73 bits per heavy atom. The molecule has 8 nitrogen and oxygen atoms in total. The van der Waals surface area contributed by atoms with Gasteiger partial charge in [-0.3, -0.25) is 9.20 Å². The number of carbonyl (C=O) groups excluding carboxylic acids is 1. The number of aryl methyl sites for hydroxylation is 1. The van der Waals surface area contributed by atoms with E-state index in [0.717, 1.165) is 37.2 Å². The number of nitrogens with zero attached hydrogens (tertiary/aromatic N) is 4. The number of nitrogens with two attached hydrogens (primary N) is 1. The van der Waals surface area contributed by atoms with Crippen LogP contribution in [0, 0.1) is 18.7 Å². The van der Waals surface area contributed by atoms with Crippen LogP contribution in [-0.4, -0.2) is 51.9 Å². The predicted molar refractivity (Wildman–Crippen MR) is 142 cm³/mol. The van der Waals surface area contributed by atoms with E-state index in [1.54, 1.807) is 23.0 Å². The van der Waals surface area contributed by atoms with Crippen LogP contribution in [-0.2, 0) is 0 Å². The number of likely N-dealkylation sites (tertiary alicyclic amines) is 1. The Kier molecular flexibility index (Phi) is 6.99. The Morgan fingerprint density at radius 1 is 1.24 bits per heavy atom. The van der Waals surface area contributed by atoms with Gasteiger partial charge in [-0.05, 0) is 62.1 Å². The van der Waals surface area contributed by atoms with Crippen LogP contribution in [0.2, 0.25) is 5.02 Å². The first kappa shape index (κ1) is 25.0. The van der Waals surface area contributed by atoms with E-state index in [-0.39, 0.29) is 11.7 Å². The molecular weight excluding hydrogens is 495 g/mol. The molecule has 37 heavy (non-hydrogen) atoms. The third-order valence-corrected chi connectivity index (χ3v) is 7.21. The lowest BCUT2D eigenvalue weighted by molar-refractivity contribution is 0.0692. The second-order valence-electron chi connectivity index (χ2n) is 9.21. The van der Waals surface area contributed by atoms with Gasteiger partial charge in [0.2, 0.25) is 0 Å². The van der Waals surface area contributed by atoms with Crippen LogP contribution in [0.15, 0.2) is 48.9 Å². The minimum atomic E-state index is -0.516. The average Bonchev–Trinajstić information content (AvgIpc) is 3.34. The molecule has 1 amide bonds. The molecule has 10 heteroatoms. The molecule has 1 aliphatic rings. The van der Waals surface area contributed by atoms with Gasteiger partial charge in [-0.25, -0.2) is 14.4 Å². The monoisotopic (exact) mass is 522 g/mol. The Morgan fingerprint density at radius 2 is 2.03 bits per heavy atom. The number of aromatic nitrogens is 3. The number of halogens is 2. The quantitative estimate of drug-likeness (QED) is 0.367. The fraction of sp³-hybridized carbons (Fsp3) is 0.296. The maximum absolute atomic E-state index is 14.4. The highest BCUT2D eigenvalue weighted by Crippen LogP contribution is 2.34. The van der Waals surface area contributed by atoms with Crippen LogP contribution < -0.4 is 15.8 Å². The van der Waals surface area contributed by atoms with Crippen molar-refractivity contribution in [3.05, 3.63) is 70.9 Å². The van der Waals surface area contributed by atoms with Crippen LogP contribution in [0.4, 0.5) is 15.9 Å². The SMILES string of the molecule is COc1cc(Cl)c(-c2cnc3c(Nc4ccc(C(=O)N5CCC(CN)CC5)c(C)c4)nccn23)cc1F. The lowest BCUT2D eigenvalue weighted by Gasteiger charge is -2.31. The lowest BCUT2D eigenvalue weighted by atomic mass is 9.96. The van der Waals surface area contributed by atoms with Gasteiger partial charge >= 0.3 is 0 Å². The summed E-state index contributed by atoms with van der Waals surface area (Å²) in [6.07, 6.45) is 6.87. The van der Waals surface area contributed by atoms with E-state index in [0.29, 0.717) is 45.8 Å². The fourth-order valence-electron chi connectivity index (χ4n) is 4.75. The van der Waals surface area contributed by atoms with Crippen molar-refractivity contribution in [2.24, 2.45) is 11.7 Å². The minimum absolute atomic E-state index is 0.0428. The number of amides is 1. The number of benzene rings is 2. The fourth-order valence-corrected chi connectivity index (χ4v) is 5.00. The van der Waals surface area contributed by atoms with Gasteiger partial charge in [0.1, 0.15) is 0 Å². The first-order valence-electron chi connectivity index (χ1n) is 12.1. The number of hydrogen-bond donors (Lipinski definition) is 2. The first-order valence-corrected chi connectivity index (χ1v) is 12.5. The topological polar surface area (TPSA) is 97.8 Å². The normalized spacial score (nSPS) is 14.2. The molecule has 0 radical (unpaired) electrons. The number of methoxy groups -OCH3 is 1. The third kappa shape index (κ3) is 4.84. The summed E-state index contributed by atoms with van der Waals surface area (Å²) < 4.78 is 21.2. The molecule has 0 atom stereocenters. The summed E-state index contributed by atoms with van der Waals surface area (Å²) in [6.45, 7) is 4.06. The summed E-state index contributed by atoms with van der Waals surface area (Å²) in [7, 11) is 1.39. The molecule has 192 valence electrons. The summed E-state index contributed by atoms with van der Waals surface area (Å²) in [6, 6.07) is 8.39. The number of carbonyl (C=O) groups is 1. The Hall–Kier alpha value is -3.69. The van der Waals surface area contributed by atoms with Gasteiger partial charge in [-0.15, -0.1) is 0 Å². The van der Waals surface area contributed by atoms with Gasteiger partial charge in [0.25, 0.3) is 5.91 Å². The molecule has 2 aromatic heterocycles. The smallest absolute Gasteiger partial charge is 0.254 e. The molecule has 1 aliphatic heterocycles. The van der Waals surface area contributed by atoms with Crippen molar-refractivity contribution >= 4 is 34.7 Å². The summed E-state index contributed by atoms with van der Waals surface area (Å²) >= 11 is 6.41. The van der Waals surface area contributed by atoms with Gasteiger partial charge in [-0.2, -0.15) is 0 Å². The third-order valence-electron chi connectivity index (χ3n) is 6.90. The van der Waals surface area contributed by atoms with E-state index in [1.165, 1.54) is 19.2 Å². The average molecular weight is 523 g/mol. The highest BCUT2D eigenvalue weighted by molar-refractivity contribution is 6.33. The predicted octanol–water partition coefficient (Wildman–Crippen LogP) is 5.06. The van der Waals surface area contributed by atoms with E-state index in [9.17, 15) is 9.18 Å². The van der Waals surface area contributed by atoms with Crippen LogP contribution in [0.1, 0.15) is 28.8 Å². The van der Waals surface area contributed by atoms with Crippen molar-refractivity contribution in [2.75, 3.05) is 32.1 Å². The summed E-state index contributed by atoms with van der Waals surface area (Å²) in [5.41, 5.74) is 9.75. The van der Waals surface area contributed by atoms with E-state index in [2.05, 4.69) is 15.3 Å². The van der Waals surface area contributed by atoms with Crippen molar-refractivity contribution in [2.45, 2.75) is 19.8 Å². The van der Waals surface area contributed by atoms with Crippen LogP contribution in [0.3, 0.4) is 0 Å². The maximum Gasteiger partial charge on any atom is 0.254 e. The van der Waals surface area contributed by atoms with Crippen molar-refractivity contribution in [3.8, 4) is 17.0 Å². The van der Waals surface area contributed by atoms with Gasteiger partial charge in [0.15, 0.2) is 23.0 Å². The zero-order valence-electron chi connectivity index (χ0n) is 20.7. The van der Waals surface area contributed by atoms with Crippen LogP contribution >= 0.6 is 11.6 Å². The molecule has 5 rings (SSSR count). The Labute approximate surface area is 219 Å². The minimum Gasteiger partial charge on any atom is -0.494 e. The second-order valence-corrected chi connectivity index (χ2v) is 9.61. The van der Waals surface area contributed by atoms with Crippen LogP contribution in [0.25, 0.3) is 16.9 Å². The maximum atomic E-state index is 14.4. The Bertz CT molecular complexity index is 1470. The molecule has 0 saturated carbocycles. The molecule has 4 aromatic rings. The molecule has 2 aromatic carbocycles. The number of hydrogen-bond acceptors (Lipinski definition) is 6. The molecule has 0 aliphatic carbocycles. The summed E-state index contributed by atoms with van der Waals surface area (Å²) in [4.78, 5) is 23.9. The standard InChI is InChI=1S/C27H28ClFN6O2/c1-16-11-18(3-4-19(16)27(36)34-8-5-17(14-30)6-9-34)33-25-26-32-15-23(35(26)10-7-31-25)20-12-22(29)24(37-2)13-21(20)28/h3-4,7,10-13,15,17H,5-6,8-9,14,30H2,1-2H3,(H,31,33). The number of anilines is 2. The van der Waals surface area contributed by atoms with Gasteiger partial charge in [0.05, 0.1) is 24.0 Å². The molecule has 3 N–H and O–H groups in total. The van der Waals surface area contributed by atoms with E-state index in [4.69, 9.17) is 22.1 Å². The zero-order chi connectivity index (χ0) is 26.1. The van der Waals surface area contributed by atoms with E-state index in [1.807, 2.05) is 30.0 Å². The molecular formula is C27H28ClFN6O2. The van der Waals surface area contributed by atoms with E-state index < -0.39 is 5.82 Å². The zero-order valence-corrected chi connectivity index (χ0v) is 21.4. The molecule has 0 spiro atoms. The number of ether oxygens (including phenoxy) is 1. The van der Waals surface area contributed by atoms with Crippen LogP contribution in [0.5, 0.6) is 5.75 Å². The first-order chi connectivity index (χ1) is 17.9. The number of rotatable bonds is 6. The largest absolute Gasteiger partial charge is 0.494 e. The molecule has 0 unspecified atom stereocenters. The number of piperidine rings is 1. The number of nitrogens with one attached hydrogen (secondary N) is 1. The molecule has 1 fully saturated rings. The lowest BCUT2D eigenvalue weighted by Crippen LogP contribution is -2.40. The van der Waals surface area contributed by atoms with Gasteiger partial charge < -0.3 is 20.7 Å². The van der Waals surface area contributed by atoms with Gasteiger partial charge in [0, 0.05) is 48.4 Å². The highest BCUT2D eigenvalue weighted by Gasteiger charge is 2.24. The molecule has 0 bridgehead atoms. The van der Waals surface area contributed by atoms with Crippen molar-refractivity contribution < 1.29 is 13.9 Å². The van der Waals surface area contributed by atoms with E-state index >= 15 is 0 Å². The number of imidazole rings is 1.